The van der Waals surface area contributed by atoms with E-state index in [1.807, 2.05) is 0 Å². The summed E-state index contributed by atoms with van der Waals surface area (Å²) in [7, 11) is 3.18. The minimum Gasteiger partial charge on any atom is -0.481 e. The summed E-state index contributed by atoms with van der Waals surface area (Å²) in [6.45, 7) is 3.28. The molecule has 0 bridgehead atoms. The Labute approximate surface area is 68.3 Å². The van der Waals surface area contributed by atoms with E-state index in [-0.39, 0.29) is 0 Å². The maximum absolute atomic E-state index is 10.7. The maximum Gasteiger partial charge on any atom is 0.475 e. The van der Waals surface area contributed by atoms with Crippen molar-refractivity contribution in [2.45, 2.75) is 0 Å². The first-order valence-corrected chi connectivity index (χ1v) is 4.60. The zero-order valence-electron chi connectivity index (χ0n) is 7.03. The third-order valence-corrected chi connectivity index (χ3v) is 2.69. The molecule has 0 aliphatic carbocycles. The van der Waals surface area contributed by atoms with Crippen LogP contribution < -0.4 is 0 Å². The van der Waals surface area contributed by atoms with E-state index in [4.69, 9.17) is 8.85 Å². The highest BCUT2D eigenvalue weighted by Crippen LogP contribution is 1.91. The van der Waals surface area contributed by atoms with Crippen molar-refractivity contribution in [3.05, 3.63) is 12.7 Å². The zero-order valence-corrected chi connectivity index (χ0v) is 8.19. The van der Waals surface area contributed by atoms with Crippen LogP contribution >= 0.6 is 0 Å². The summed E-state index contributed by atoms with van der Waals surface area (Å²) in [5.41, 5.74) is 0. The van der Waals surface area contributed by atoms with Crippen LogP contribution in [0, 0.1) is 0 Å². The van der Waals surface area contributed by atoms with Crippen LogP contribution in [0.3, 0.4) is 0 Å². The van der Waals surface area contributed by atoms with Gasteiger partial charge in [0.1, 0.15) is 0 Å². The molecule has 0 aromatic carbocycles. The van der Waals surface area contributed by atoms with Crippen LogP contribution in [-0.4, -0.2) is 41.2 Å². The molecule has 1 atom stereocenters. The number of hydrogen-bond donors (Lipinski definition) is 0. The van der Waals surface area contributed by atoms with Gasteiger partial charge in [0, 0.05) is 13.2 Å². The number of carbonyl (C=O) groups excluding carboxylic acids is 1. The molecule has 4 nitrogen and oxygen atoms in total. The summed E-state index contributed by atoms with van der Waals surface area (Å²) < 4.78 is 11.6. The number of nitrogens with zero attached hydrogens (tertiary/aromatic N) is 1. The highest BCUT2D eigenvalue weighted by atomic mass is 28.3. The second kappa shape index (κ2) is 5.06. The van der Waals surface area contributed by atoms with E-state index in [2.05, 4.69) is 6.58 Å². The van der Waals surface area contributed by atoms with Gasteiger partial charge in [-0.05, 0) is 14.1 Å². The summed E-state index contributed by atoms with van der Waals surface area (Å²) >= 11 is 0. The molecule has 0 heterocycles. The summed E-state index contributed by atoms with van der Waals surface area (Å²) in [6.07, 6.45) is 1.13. The van der Waals surface area contributed by atoms with Crippen LogP contribution in [0.25, 0.3) is 0 Å². The van der Waals surface area contributed by atoms with Gasteiger partial charge in [0.2, 0.25) is 0 Å². The SMILES string of the molecule is C=CC(=O)O[SiH](OC)N(C)C. The fourth-order valence-corrected chi connectivity index (χ4v) is 1.54. The minimum absolute atomic E-state index is 0.433. The topological polar surface area (TPSA) is 38.8 Å². The molecule has 0 amide bonds. The van der Waals surface area contributed by atoms with Crippen LogP contribution in [0.4, 0.5) is 0 Å². The van der Waals surface area contributed by atoms with E-state index in [9.17, 15) is 4.79 Å². The fourth-order valence-electron chi connectivity index (χ4n) is 0.512. The summed E-state index contributed by atoms with van der Waals surface area (Å²) in [5.74, 6) is -0.433. The molecule has 0 rings (SSSR count). The summed E-state index contributed by atoms with van der Waals surface area (Å²) in [5, 5.41) is 0. The van der Waals surface area contributed by atoms with Crippen molar-refractivity contribution in [1.29, 1.82) is 0 Å². The molecule has 5 heteroatoms. The first kappa shape index (κ1) is 10.3. The van der Waals surface area contributed by atoms with Gasteiger partial charge in [0.15, 0.2) is 0 Å². The molecular weight excluding hydrogens is 162 g/mol. The molecule has 11 heavy (non-hydrogen) atoms. The van der Waals surface area contributed by atoms with Crippen LogP contribution in [0.1, 0.15) is 0 Å². The Morgan fingerprint density at radius 3 is 2.45 bits per heavy atom. The van der Waals surface area contributed by atoms with Crippen LogP contribution in [-0.2, 0) is 13.6 Å². The highest BCUT2D eigenvalue weighted by Gasteiger charge is 2.18. The van der Waals surface area contributed by atoms with Crippen molar-refractivity contribution in [2.24, 2.45) is 0 Å². The highest BCUT2D eigenvalue weighted by molar-refractivity contribution is 6.43. The molecule has 0 saturated heterocycles. The van der Waals surface area contributed by atoms with Gasteiger partial charge in [-0.25, -0.2) is 4.79 Å². The number of carbonyl (C=O) groups is 1. The van der Waals surface area contributed by atoms with E-state index in [1.165, 1.54) is 7.11 Å². The third kappa shape index (κ3) is 3.92. The van der Waals surface area contributed by atoms with Crippen LogP contribution in [0.2, 0.25) is 0 Å². The lowest BCUT2D eigenvalue weighted by atomic mass is 10.7. The second-order valence-electron chi connectivity index (χ2n) is 2.15. The third-order valence-electron chi connectivity index (χ3n) is 1.01. The van der Waals surface area contributed by atoms with E-state index in [1.54, 1.807) is 18.7 Å². The minimum atomic E-state index is -1.95. The van der Waals surface area contributed by atoms with Crippen molar-refractivity contribution >= 4 is 15.4 Å². The first-order chi connectivity index (χ1) is 5.11. The van der Waals surface area contributed by atoms with Crippen molar-refractivity contribution in [3.63, 3.8) is 0 Å². The van der Waals surface area contributed by atoms with Gasteiger partial charge in [-0.3, -0.25) is 4.57 Å². The molecule has 0 aromatic rings. The number of rotatable bonds is 4. The molecule has 0 aliphatic heterocycles. The molecule has 0 aromatic heterocycles. The van der Waals surface area contributed by atoms with Gasteiger partial charge in [-0.15, -0.1) is 0 Å². The average molecular weight is 175 g/mol. The van der Waals surface area contributed by atoms with E-state index in [0.717, 1.165) is 6.08 Å². The van der Waals surface area contributed by atoms with E-state index >= 15 is 0 Å². The molecule has 0 radical (unpaired) electrons. The summed E-state index contributed by atoms with van der Waals surface area (Å²) in [4.78, 5) is 10.7. The van der Waals surface area contributed by atoms with Gasteiger partial charge in [0.25, 0.3) is 0 Å². The van der Waals surface area contributed by atoms with Gasteiger partial charge in [-0.2, -0.15) is 0 Å². The normalized spacial score (nSPS) is 12.7. The molecule has 64 valence electrons. The smallest absolute Gasteiger partial charge is 0.475 e. The quantitative estimate of drug-likeness (QED) is 0.432. The Morgan fingerprint density at radius 1 is 1.64 bits per heavy atom. The summed E-state index contributed by atoms with van der Waals surface area (Å²) in [6, 6.07) is 0. The average Bonchev–Trinajstić information content (AvgIpc) is 1.99. The van der Waals surface area contributed by atoms with Gasteiger partial charge in [0.05, 0.1) is 0 Å². The van der Waals surface area contributed by atoms with Gasteiger partial charge in [-0.1, -0.05) is 6.58 Å². The second-order valence-corrected chi connectivity index (χ2v) is 4.50. The molecule has 0 spiro atoms. The lowest BCUT2D eigenvalue weighted by Gasteiger charge is -2.18. The Kier molecular flexibility index (Phi) is 4.76. The van der Waals surface area contributed by atoms with Crippen LogP contribution in [0.5, 0.6) is 0 Å². The Hall–Kier alpha value is -0.653. The molecule has 0 N–H and O–H groups in total. The Bertz CT molecular complexity index is 149. The van der Waals surface area contributed by atoms with Crippen molar-refractivity contribution < 1.29 is 13.6 Å². The van der Waals surface area contributed by atoms with E-state index < -0.39 is 15.4 Å². The Balaban J connectivity index is 3.87. The standard InChI is InChI=1S/C6H13NO3Si/c1-5-6(8)10-11(9-4)7(2)3/h5,11H,1H2,2-4H3. The Morgan fingerprint density at radius 2 is 2.18 bits per heavy atom. The van der Waals surface area contributed by atoms with E-state index in [0.29, 0.717) is 0 Å². The zero-order chi connectivity index (χ0) is 8.85. The van der Waals surface area contributed by atoms with Gasteiger partial charge < -0.3 is 8.85 Å². The van der Waals surface area contributed by atoms with Crippen molar-refractivity contribution in [2.75, 3.05) is 21.2 Å². The van der Waals surface area contributed by atoms with Crippen LogP contribution in [0.15, 0.2) is 12.7 Å². The molecule has 0 aliphatic rings. The lowest BCUT2D eigenvalue weighted by molar-refractivity contribution is -0.131. The van der Waals surface area contributed by atoms with Crippen molar-refractivity contribution in [1.82, 2.24) is 4.57 Å². The maximum atomic E-state index is 10.7. The fraction of sp³-hybridized carbons (Fsp3) is 0.500. The molecular formula is C6H13NO3Si. The molecule has 0 fully saturated rings. The van der Waals surface area contributed by atoms with Crippen molar-refractivity contribution in [3.8, 4) is 0 Å². The largest absolute Gasteiger partial charge is 0.481 e. The molecule has 1 unspecified atom stereocenters. The predicted octanol–water partition coefficient (Wildman–Crippen LogP) is -0.359. The van der Waals surface area contributed by atoms with Gasteiger partial charge >= 0.3 is 15.4 Å². The molecule has 0 saturated carbocycles. The lowest BCUT2D eigenvalue weighted by Crippen LogP contribution is -2.39. The monoisotopic (exact) mass is 175 g/mol. The first-order valence-electron chi connectivity index (χ1n) is 3.14. The predicted molar refractivity (Wildman–Crippen MR) is 44.1 cm³/mol. The number of hydrogen-bond acceptors (Lipinski definition) is 4.